The average molecular weight is 421 g/mol. The van der Waals surface area contributed by atoms with Gasteiger partial charge in [0.05, 0.1) is 22.0 Å². The van der Waals surface area contributed by atoms with Crippen molar-refractivity contribution >= 4 is 67.6 Å². The van der Waals surface area contributed by atoms with Gasteiger partial charge in [-0.1, -0.05) is 27.5 Å². The van der Waals surface area contributed by atoms with E-state index in [2.05, 4.69) is 26.2 Å². The van der Waals surface area contributed by atoms with Crippen molar-refractivity contribution in [2.45, 2.75) is 5.75 Å². The molecule has 22 heavy (non-hydrogen) atoms. The first-order valence-corrected chi connectivity index (χ1v) is 9.23. The molecule has 0 unspecified atom stereocenters. The molecule has 0 atom stereocenters. The topological polar surface area (TPSA) is 85.1 Å². The van der Waals surface area contributed by atoms with Crippen LogP contribution in [0.1, 0.15) is 16.1 Å². The molecule has 2 rings (SSSR count). The molecule has 0 fully saturated rings. The highest BCUT2D eigenvalue weighted by Crippen LogP contribution is 2.24. The van der Waals surface area contributed by atoms with Gasteiger partial charge in [0.25, 0.3) is 5.91 Å². The number of hydrogen-bond donors (Lipinski definition) is 2. The summed E-state index contributed by atoms with van der Waals surface area (Å²) in [6.45, 7) is 0. The van der Waals surface area contributed by atoms with Crippen molar-refractivity contribution in [3.8, 4) is 0 Å². The van der Waals surface area contributed by atoms with Crippen molar-refractivity contribution in [3.63, 3.8) is 0 Å². The molecule has 3 N–H and O–H groups in total. The molecular weight excluding hydrogens is 410 g/mol. The molecule has 5 nitrogen and oxygen atoms in total. The molecule has 9 heteroatoms. The molecule has 0 radical (unpaired) electrons. The highest BCUT2D eigenvalue weighted by Gasteiger charge is 2.13. The number of primary amides is 1. The second-order valence-corrected chi connectivity index (χ2v) is 7.35. The number of nitrogens with two attached hydrogens (primary N) is 1. The van der Waals surface area contributed by atoms with Gasteiger partial charge in [-0.15, -0.1) is 23.1 Å². The third-order valence-electron chi connectivity index (χ3n) is 2.44. The van der Waals surface area contributed by atoms with E-state index in [9.17, 15) is 9.59 Å². The second-order valence-electron chi connectivity index (χ2n) is 4.18. The molecule has 1 aromatic heterocycles. The van der Waals surface area contributed by atoms with E-state index >= 15 is 0 Å². The number of nitrogens with zero attached hydrogens (tertiary/aromatic N) is 1. The lowest BCUT2D eigenvalue weighted by Gasteiger charge is -2.04. The summed E-state index contributed by atoms with van der Waals surface area (Å²) in [5.74, 6) is 0.120. The number of benzene rings is 1. The van der Waals surface area contributed by atoms with Crippen LogP contribution in [0, 0.1) is 0 Å². The fourth-order valence-corrected chi connectivity index (χ4v) is 3.56. The Morgan fingerprint density at radius 2 is 2.23 bits per heavy atom. The Morgan fingerprint density at radius 1 is 1.45 bits per heavy atom. The molecule has 0 aliphatic carbocycles. The molecule has 116 valence electrons. The van der Waals surface area contributed by atoms with Gasteiger partial charge in [0, 0.05) is 15.6 Å². The van der Waals surface area contributed by atoms with Crippen LogP contribution in [0.25, 0.3) is 0 Å². The van der Waals surface area contributed by atoms with E-state index in [1.807, 2.05) is 5.38 Å². The number of carbonyl (C=O) groups excluding carboxylic acids is 2. The number of aromatic nitrogens is 1. The largest absolute Gasteiger partial charge is 0.369 e. The number of hydrogen-bond acceptors (Lipinski definition) is 5. The van der Waals surface area contributed by atoms with Crippen molar-refractivity contribution in [2.75, 3.05) is 11.1 Å². The third-order valence-corrected chi connectivity index (χ3v) is 5.06. The first kappa shape index (κ1) is 17.3. The molecule has 2 amide bonds. The van der Waals surface area contributed by atoms with Crippen LogP contribution in [-0.2, 0) is 10.5 Å². The van der Waals surface area contributed by atoms with Crippen LogP contribution in [0.3, 0.4) is 0 Å². The molecule has 0 spiro atoms. The first-order chi connectivity index (χ1) is 10.5. The van der Waals surface area contributed by atoms with Gasteiger partial charge in [-0.05, 0) is 18.2 Å². The fraction of sp³-hybridized carbons (Fsp3) is 0.154. The lowest BCUT2D eigenvalue weighted by atomic mass is 10.2. The number of thioether (sulfide) groups is 1. The maximum atomic E-state index is 12.2. The fourth-order valence-electron chi connectivity index (χ4n) is 1.52. The van der Waals surface area contributed by atoms with Crippen molar-refractivity contribution < 1.29 is 9.59 Å². The number of carbonyl (C=O) groups is 2. The summed E-state index contributed by atoms with van der Waals surface area (Å²) in [6.07, 6.45) is 0. The van der Waals surface area contributed by atoms with Crippen LogP contribution in [0.2, 0.25) is 5.02 Å². The summed E-state index contributed by atoms with van der Waals surface area (Å²) < 4.78 is 0.768. The van der Waals surface area contributed by atoms with Crippen LogP contribution in [0.4, 0.5) is 5.13 Å². The smallest absolute Gasteiger partial charge is 0.258 e. The summed E-state index contributed by atoms with van der Waals surface area (Å²) in [5, 5.41) is 5.39. The van der Waals surface area contributed by atoms with Gasteiger partial charge < -0.3 is 5.73 Å². The zero-order chi connectivity index (χ0) is 16.1. The summed E-state index contributed by atoms with van der Waals surface area (Å²) in [6, 6.07) is 5.06. The second kappa shape index (κ2) is 7.96. The predicted octanol–water partition coefficient (Wildman–Crippen LogP) is 3.53. The Morgan fingerprint density at radius 3 is 2.95 bits per heavy atom. The zero-order valence-corrected chi connectivity index (χ0v) is 15.1. The number of amides is 2. The van der Waals surface area contributed by atoms with Crippen molar-refractivity contribution in [3.05, 3.63) is 44.3 Å². The van der Waals surface area contributed by atoms with Crippen LogP contribution in [0.5, 0.6) is 0 Å². The predicted molar refractivity (Wildman–Crippen MR) is 94.6 cm³/mol. The first-order valence-electron chi connectivity index (χ1n) is 6.02. The quantitative estimate of drug-likeness (QED) is 0.748. The van der Waals surface area contributed by atoms with E-state index in [1.54, 1.807) is 18.2 Å². The molecule has 1 aromatic carbocycles. The van der Waals surface area contributed by atoms with E-state index in [0.717, 1.165) is 10.2 Å². The van der Waals surface area contributed by atoms with Gasteiger partial charge in [0.1, 0.15) is 0 Å². The van der Waals surface area contributed by atoms with E-state index in [4.69, 9.17) is 17.3 Å². The Labute approximate surface area is 148 Å². The number of anilines is 1. The molecular formula is C13H11BrClN3O2S2. The monoisotopic (exact) mass is 419 g/mol. The number of halogens is 2. The van der Waals surface area contributed by atoms with Crippen molar-refractivity contribution in [1.82, 2.24) is 4.98 Å². The molecule has 0 aliphatic heterocycles. The highest BCUT2D eigenvalue weighted by atomic mass is 79.9. The minimum Gasteiger partial charge on any atom is -0.369 e. The Kier molecular flexibility index (Phi) is 6.25. The van der Waals surface area contributed by atoms with Gasteiger partial charge in [-0.2, -0.15) is 0 Å². The molecule has 1 heterocycles. The standard InChI is InChI=1S/C13H11BrClN3O2S2/c14-7-1-2-10(15)9(3-7)12(20)18-13-17-8(5-22-13)4-21-6-11(16)19/h1-3,5H,4,6H2,(H2,16,19)(H,17,18,20). The molecule has 2 aromatic rings. The van der Waals surface area contributed by atoms with Gasteiger partial charge in [0.15, 0.2) is 5.13 Å². The molecule has 0 saturated heterocycles. The van der Waals surface area contributed by atoms with E-state index < -0.39 is 0 Å². The van der Waals surface area contributed by atoms with Crippen LogP contribution in [0.15, 0.2) is 28.1 Å². The van der Waals surface area contributed by atoms with E-state index in [0.29, 0.717) is 21.5 Å². The zero-order valence-electron chi connectivity index (χ0n) is 11.1. The molecule has 0 bridgehead atoms. The number of rotatable bonds is 6. The van der Waals surface area contributed by atoms with Gasteiger partial charge in [-0.25, -0.2) is 4.98 Å². The third kappa shape index (κ3) is 4.98. The van der Waals surface area contributed by atoms with Gasteiger partial charge in [-0.3, -0.25) is 14.9 Å². The lowest BCUT2D eigenvalue weighted by molar-refractivity contribution is -0.115. The summed E-state index contributed by atoms with van der Waals surface area (Å²) >= 11 is 12.0. The van der Waals surface area contributed by atoms with Crippen molar-refractivity contribution in [2.24, 2.45) is 5.73 Å². The van der Waals surface area contributed by atoms with Crippen LogP contribution >= 0.6 is 50.6 Å². The molecule has 0 saturated carbocycles. The summed E-state index contributed by atoms with van der Waals surface area (Å²) in [4.78, 5) is 27.1. The Balaban J connectivity index is 1.99. The average Bonchev–Trinajstić information content (AvgIpc) is 2.88. The normalized spacial score (nSPS) is 10.5. The number of nitrogens with one attached hydrogen (secondary N) is 1. The SMILES string of the molecule is NC(=O)CSCc1csc(NC(=O)c2cc(Br)ccc2Cl)n1. The van der Waals surface area contributed by atoms with Crippen LogP contribution < -0.4 is 11.1 Å². The highest BCUT2D eigenvalue weighted by molar-refractivity contribution is 9.10. The van der Waals surface area contributed by atoms with Crippen molar-refractivity contribution in [1.29, 1.82) is 0 Å². The van der Waals surface area contributed by atoms with E-state index in [1.165, 1.54) is 23.1 Å². The van der Waals surface area contributed by atoms with Gasteiger partial charge in [0.2, 0.25) is 5.91 Å². The van der Waals surface area contributed by atoms with E-state index in [-0.39, 0.29) is 17.6 Å². The minimum absolute atomic E-state index is 0.243. The van der Waals surface area contributed by atoms with Gasteiger partial charge >= 0.3 is 0 Å². The number of thiazole rings is 1. The maximum absolute atomic E-state index is 12.2. The van der Waals surface area contributed by atoms with Crippen LogP contribution in [-0.4, -0.2) is 22.6 Å². The Bertz CT molecular complexity index is 708. The minimum atomic E-state index is -0.363. The lowest BCUT2D eigenvalue weighted by Crippen LogP contribution is -2.13. The summed E-state index contributed by atoms with van der Waals surface area (Å²) in [7, 11) is 0. The maximum Gasteiger partial charge on any atom is 0.258 e. The Hall–Kier alpha value is -1.09. The molecule has 0 aliphatic rings. The summed E-state index contributed by atoms with van der Waals surface area (Å²) in [5.41, 5.74) is 6.22.